The third-order valence-corrected chi connectivity index (χ3v) is 2.75. The Morgan fingerprint density at radius 1 is 1.38 bits per heavy atom. The van der Waals surface area contributed by atoms with Crippen LogP contribution in [-0.2, 0) is 6.54 Å². The summed E-state index contributed by atoms with van der Waals surface area (Å²) in [5, 5.41) is 6.16. The second-order valence-corrected chi connectivity index (χ2v) is 4.14. The van der Waals surface area contributed by atoms with Crippen molar-refractivity contribution >= 4 is 17.2 Å². The summed E-state index contributed by atoms with van der Waals surface area (Å²) in [5.41, 5.74) is 0. The molecule has 2 rings (SSSR count). The first kappa shape index (κ1) is 11.0. The highest BCUT2D eigenvalue weighted by Crippen LogP contribution is 2.16. The first-order valence-corrected chi connectivity index (χ1v) is 5.28. The number of rotatable bonds is 4. The minimum absolute atomic E-state index is 0.269. The molecule has 0 fully saturated rings. The number of halogens is 3. The summed E-state index contributed by atoms with van der Waals surface area (Å²) in [6.07, 6.45) is 1.18. The Morgan fingerprint density at radius 3 is 2.75 bits per heavy atom. The van der Waals surface area contributed by atoms with Gasteiger partial charge in [-0.15, -0.1) is 11.3 Å². The third kappa shape index (κ3) is 2.54. The van der Waals surface area contributed by atoms with E-state index < -0.39 is 6.55 Å². The van der Waals surface area contributed by atoms with Crippen molar-refractivity contribution in [2.75, 3.05) is 5.32 Å². The zero-order chi connectivity index (χ0) is 11.5. The van der Waals surface area contributed by atoms with Crippen LogP contribution >= 0.6 is 11.3 Å². The van der Waals surface area contributed by atoms with Crippen molar-refractivity contribution in [2.45, 2.75) is 13.1 Å². The van der Waals surface area contributed by atoms with Gasteiger partial charge in [-0.1, -0.05) is 0 Å². The van der Waals surface area contributed by atoms with Crippen LogP contribution in [0.5, 0.6) is 0 Å². The molecule has 0 aliphatic carbocycles. The molecule has 0 unspecified atom stereocenters. The largest absolute Gasteiger partial charge is 0.364 e. The van der Waals surface area contributed by atoms with Gasteiger partial charge in [-0.3, -0.25) is 0 Å². The minimum atomic E-state index is -2.64. The number of nitrogens with one attached hydrogen (secondary N) is 1. The highest BCUT2D eigenvalue weighted by molar-refractivity contribution is 7.10. The molecular weight excluding hydrogens is 239 g/mol. The van der Waals surface area contributed by atoms with Gasteiger partial charge in [-0.2, -0.15) is 18.3 Å². The number of anilines is 1. The molecule has 3 nitrogen and oxygen atoms in total. The highest BCUT2D eigenvalue weighted by atomic mass is 32.1. The normalized spacial score (nSPS) is 11.0. The standard InChI is InChI=1S/C9H8F3N3S/c10-7-2-1-6(16-7)5-13-8-3-4-15(14-8)9(11)12/h1-4,9H,5H2,(H,13,14). The van der Waals surface area contributed by atoms with E-state index in [1.165, 1.54) is 18.3 Å². The molecule has 0 amide bonds. The Bertz CT molecular complexity index is 466. The van der Waals surface area contributed by atoms with Crippen molar-refractivity contribution in [3.63, 3.8) is 0 Å². The zero-order valence-electron chi connectivity index (χ0n) is 8.03. The maximum atomic E-state index is 12.6. The molecule has 0 saturated carbocycles. The first-order valence-electron chi connectivity index (χ1n) is 4.46. The Kier molecular flexibility index (Phi) is 3.14. The summed E-state index contributed by atoms with van der Waals surface area (Å²) in [4.78, 5) is 0.782. The fourth-order valence-electron chi connectivity index (χ4n) is 1.17. The predicted octanol–water partition coefficient (Wildman–Crippen LogP) is 3.09. The lowest BCUT2D eigenvalue weighted by molar-refractivity contribution is 0.0569. The van der Waals surface area contributed by atoms with Gasteiger partial charge in [0, 0.05) is 17.1 Å². The van der Waals surface area contributed by atoms with Crippen LogP contribution in [0.1, 0.15) is 11.4 Å². The van der Waals surface area contributed by atoms with E-state index in [9.17, 15) is 13.2 Å². The van der Waals surface area contributed by atoms with Gasteiger partial charge in [0.15, 0.2) is 5.13 Å². The van der Waals surface area contributed by atoms with Gasteiger partial charge in [0.1, 0.15) is 5.82 Å². The SMILES string of the molecule is Fc1ccc(CNc2ccn(C(F)F)n2)s1. The van der Waals surface area contributed by atoms with Crippen LogP contribution < -0.4 is 5.32 Å². The van der Waals surface area contributed by atoms with Gasteiger partial charge in [0.05, 0.1) is 6.54 Å². The molecule has 0 aliphatic heterocycles. The second-order valence-electron chi connectivity index (χ2n) is 3.02. The van der Waals surface area contributed by atoms with Crippen LogP contribution in [0.25, 0.3) is 0 Å². The van der Waals surface area contributed by atoms with E-state index in [2.05, 4.69) is 10.4 Å². The van der Waals surface area contributed by atoms with Crippen LogP contribution in [0.2, 0.25) is 0 Å². The summed E-state index contributed by atoms with van der Waals surface area (Å²) >= 11 is 1.01. The molecule has 0 saturated heterocycles. The van der Waals surface area contributed by atoms with E-state index in [1.54, 1.807) is 6.07 Å². The van der Waals surface area contributed by atoms with E-state index in [-0.39, 0.29) is 5.13 Å². The van der Waals surface area contributed by atoms with E-state index in [0.717, 1.165) is 16.2 Å². The monoisotopic (exact) mass is 247 g/mol. The smallest absolute Gasteiger partial charge is 0.333 e. The lowest BCUT2D eigenvalue weighted by atomic mass is 10.4. The van der Waals surface area contributed by atoms with Crippen molar-refractivity contribution in [2.24, 2.45) is 0 Å². The molecule has 7 heteroatoms. The quantitative estimate of drug-likeness (QED) is 0.899. The van der Waals surface area contributed by atoms with Gasteiger partial charge < -0.3 is 5.32 Å². The molecule has 0 spiro atoms. The van der Waals surface area contributed by atoms with Crippen LogP contribution in [-0.4, -0.2) is 9.78 Å². The molecule has 2 heterocycles. The fraction of sp³-hybridized carbons (Fsp3) is 0.222. The fourth-order valence-corrected chi connectivity index (χ4v) is 1.83. The van der Waals surface area contributed by atoms with Crippen LogP contribution in [0.4, 0.5) is 19.0 Å². The summed E-state index contributed by atoms with van der Waals surface area (Å²) < 4.78 is 37.5. The molecule has 2 aromatic heterocycles. The molecule has 1 N–H and O–H groups in total. The second kappa shape index (κ2) is 4.56. The van der Waals surface area contributed by atoms with E-state index in [1.807, 2.05) is 0 Å². The zero-order valence-corrected chi connectivity index (χ0v) is 8.85. The van der Waals surface area contributed by atoms with E-state index in [0.29, 0.717) is 17.0 Å². The predicted molar refractivity (Wildman–Crippen MR) is 55.1 cm³/mol. The maximum Gasteiger partial charge on any atom is 0.333 e. The lowest BCUT2D eigenvalue weighted by Crippen LogP contribution is -2.02. The van der Waals surface area contributed by atoms with Gasteiger partial charge in [0.25, 0.3) is 0 Å². The highest BCUT2D eigenvalue weighted by Gasteiger charge is 2.07. The Balaban J connectivity index is 1.94. The molecule has 2 aromatic rings. The van der Waals surface area contributed by atoms with Crippen molar-refractivity contribution < 1.29 is 13.2 Å². The molecule has 16 heavy (non-hydrogen) atoms. The average molecular weight is 247 g/mol. The van der Waals surface area contributed by atoms with E-state index in [4.69, 9.17) is 0 Å². The summed E-state index contributed by atoms with van der Waals surface area (Å²) in [5.74, 6) is 0.342. The minimum Gasteiger partial charge on any atom is -0.364 e. The Labute approximate surface area is 93.5 Å². The number of hydrogen-bond acceptors (Lipinski definition) is 3. The number of thiophene rings is 1. The average Bonchev–Trinajstić information content (AvgIpc) is 2.83. The number of hydrogen-bond donors (Lipinski definition) is 1. The van der Waals surface area contributed by atoms with Crippen molar-refractivity contribution in [1.29, 1.82) is 0 Å². The first-order chi connectivity index (χ1) is 7.65. The number of aromatic nitrogens is 2. The number of nitrogens with zero attached hydrogens (tertiary/aromatic N) is 2. The molecule has 0 atom stereocenters. The van der Waals surface area contributed by atoms with Gasteiger partial charge in [-0.05, 0) is 12.1 Å². The van der Waals surface area contributed by atoms with Crippen molar-refractivity contribution in [3.8, 4) is 0 Å². The Morgan fingerprint density at radius 2 is 2.19 bits per heavy atom. The van der Waals surface area contributed by atoms with Crippen molar-refractivity contribution in [1.82, 2.24) is 9.78 Å². The van der Waals surface area contributed by atoms with Gasteiger partial charge >= 0.3 is 6.55 Å². The molecule has 0 radical (unpaired) electrons. The molecular formula is C9H8F3N3S. The maximum absolute atomic E-state index is 12.6. The van der Waals surface area contributed by atoms with Gasteiger partial charge in [-0.25, -0.2) is 4.68 Å². The van der Waals surface area contributed by atoms with Crippen LogP contribution in [0, 0.1) is 5.13 Å². The van der Waals surface area contributed by atoms with Crippen molar-refractivity contribution in [3.05, 3.63) is 34.4 Å². The number of alkyl halides is 2. The topological polar surface area (TPSA) is 29.9 Å². The molecule has 0 bridgehead atoms. The van der Waals surface area contributed by atoms with Gasteiger partial charge in [0.2, 0.25) is 0 Å². The van der Waals surface area contributed by atoms with E-state index >= 15 is 0 Å². The molecule has 86 valence electrons. The lowest BCUT2D eigenvalue weighted by Gasteiger charge is -2.00. The summed E-state index contributed by atoms with van der Waals surface area (Å²) in [6.45, 7) is -2.27. The summed E-state index contributed by atoms with van der Waals surface area (Å²) in [7, 11) is 0. The third-order valence-electron chi connectivity index (χ3n) is 1.88. The Hall–Kier alpha value is -1.50. The summed E-state index contributed by atoms with van der Waals surface area (Å²) in [6, 6.07) is 4.44. The van der Waals surface area contributed by atoms with Crippen LogP contribution in [0.3, 0.4) is 0 Å². The molecule has 0 aliphatic rings. The molecule has 0 aromatic carbocycles. The van der Waals surface area contributed by atoms with Crippen LogP contribution in [0.15, 0.2) is 24.4 Å².